The molecule has 0 fully saturated rings. The number of hydrazine groups is 1. The summed E-state index contributed by atoms with van der Waals surface area (Å²) in [6.07, 6.45) is 0.580. The number of carbonyl (C=O) groups excluding carboxylic acids is 1. The van der Waals surface area contributed by atoms with E-state index < -0.39 is 0 Å². The third-order valence-electron chi connectivity index (χ3n) is 0.724. The maximum Gasteiger partial charge on any atom is 0.226 e. The van der Waals surface area contributed by atoms with Gasteiger partial charge in [0.15, 0.2) is 4.38 Å². The molecule has 0 spiro atoms. The molecule has 1 heterocycles. The Morgan fingerprint density at radius 2 is 2.78 bits per heavy atom. The van der Waals surface area contributed by atoms with E-state index in [4.69, 9.17) is 0 Å². The van der Waals surface area contributed by atoms with Crippen molar-refractivity contribution in [3.8, 4) is 0 Å². The number of nitrogens with one attached hydrogen (secondary N) is 1. The van der Waals surface area contributed by atoms with E-state index in [1.54, 1.807) is 0 Å². The fraction of sp³-hybridized carbons (Fsp3) is 0.333. The van der Waals surface area contributed by atoms with Crippen LogP contribution in [0.4, 0.5) is 0 Å². The molecule has 1 rings (SSSR count). The fourth-order valence-electron chi connectivity index (χ4n) is 0.407. The van der Waals surface area contributed by atoms with E-state index in [1.807, 2.05) is 0 Å². The summed E-state index contributed by atoms with van der Waals surface area (Å²) >= 11 is 5.42. The first-order chi connectivity index (χ1) is 4.33. The summed E-state index contributed by atoms with van der Waals surface area (Å²) in [7, 11) is 0. The van der Waals surface area contributed by atoms with Crippen LogP contribution in [0.2, 0.25) is 0 Å². The predicted molar refractivity (Wildman–Crippen MR) is 39.9 cm³/mol. The molecular formula is C3H5N3OS2. The Labute approximate surface area is 62.0 Å². The van der Waals surface area contributed by atoms with Crippen LogP contribution in [-0.2, 0) is 4.79 Å². The van der Waals surface area contributed by atoms with Gasteiger partial charge in [0.2, 0.25) is 6.41 Å². The van der Waals surface area contributed by atoms with E-state index in [1.165, 1.54) is 16.9 Å². The molecule has 0 bridgehead atoms. The van der Waals surface area contributed by atoms with Crippen LogP contribution in [0.3, 0.4) is 0 Å². The third-order valence-corrected chi connectivity index (χ3v) is 1.91. The lowest BCUT2D eigenvalue weighted by Crippen LogP contribution is -2.29. The molecule has 0 saturated carbocycles. The van der Waals surface area contributed by atoms with Crippen molar-refractivity contribution in [1.29, 1.82) is 0 Å². The minimum atomic E-state index is 0.580. The van der Waals surface area contributed by atoms with Gasteiger partial charge in [0.1, 0.15) is 5.88 Å². The maximum atomic E-state index is 9.81. The highest BCUT2D eigenvalue weighted by Crippen LogP contribution is 2.16. The Kier molecular flexibility index (Phi) is 2.23. The van der Waals surface area contributed by atoms with Gasteiger partial charge in [-0.1, -0.05) is 11.8 Å². The van der Waals surface area contributed by atoms with E-state index in [0.717, 1.165) is 0 Å². The fourth-order valence-corrected chi connectivity index (χ4v) is 1.21. The zero-order chi connectivity index (χ0) is 6.69. The highest BCUT2D eigenvalue weighted by molar-refractivity contribution is 8.32. The standard InChI is InChI=1S/C3H5N3OS2/c7-1-4-6-2-9-3(8)5-6/h1H,2H2,(H,4,7)(H,5,8). The van der Waals surface area contributed by atoms with Crippen LogP contribution in [0.25, 0.3) is 0 Å². The van der Waals surface area contributed by atoms with Crippen molar-refractivity contribution in [2.24, 2.45) is 5.10 Å². The molecule has 0 saturated heterocycles. The average Bonchev–Trinajstić information content (AvgIpc) is 2.17. The molecular weight excluding hydrogens is 158 g/mol. The number of amides is 1. The molecule has 4 nitrogen and oxygen atoms in total. The van der Waals surface area contributed by atoms with E-state index >= 15 is 0 Å². The van der Waals surface area contributed by atoms with Crippen LogP contribution in [0, 0.1) is 0 Å². The van der Waals surface area contributed by atoms with Crippen molar-refractivity contribution < 1.29 is 4.79 Å². The molecule has 0 aromatic carbocycles. The number of nitrogens with zero attached hydrogens (tertiary/aromatic N) is 2. The smallest absolute Gasteiger partial charge is 0.226 e. The van der Waals surface area contributed by atoms with Gasteiger partial charge < -0.3 is 0 Å². The molecule has 1 aliphatic rings. The van der Waals surface area contributed by atoms with Crippen LogP contribution >= 0.6 is 24.4 Å². The highest BCUT2D eigenvalue weighted by atomic mass is 32.2. The number of rotatable bonds is 2. The Morgan fingerprint density at radius 3 is 3.22 bits per heavy atom. The van der Waals surface area contributed by atoms with Crippen molar-refractivity contribution in [2.75, 3.05) is 5.88 Å². The molecule has 0 aromatic rings. The van der Waals surface area contributed by atoms with Gasteiger partial charge in [0.05, 0.1) is 0 Å². The summed E-state index contributed by atoms with van der Waals surface area (Å²) in [5.74, 6) is 0.636. The molecule has 6 heteroatoms. The molecule has 50 valence electrons. The monoisotopic (exact) mass is 163 g/mol. The van der Waals surface area contributed by atoms with Crippen molar-refractivity contribution in [3.05, 3.63) is 0 Å². The summed E-state index contributed by atoms with van der Waals surface area (Å²) in [6.45, 7) is 0. The van der Waals surface area contributed by atoms with Crippen LogP contribution in [0.1, 0.15) is 0 Å². The van der Waals surface area contributed by atoms with Crippen molar-refractivity contribution in [3.63, 3.8) is 0 Å². The quantitative estimate of drug-likeness (QED) is 0.440. The molecule has 0 aliphatic carbocycles. The largest absolute Gasteiger partial charge is 0.277 e. The Hall–Kier alpha value is -0.360. The molecule has 9 heavy (non-hydrogen) atoms. The molecule has 0 radical (unpaired) electrons. The SMILES string of the molecule is O=CNN1CSC(S)=N1. The van der Waals surface area contributed by atoms with E-state index in [9.17, 15) is 4.79 Å². The second kappa shape index (κ2) is 2.98. The maximum absolute atomic E-state index is 9.81. The Morgan fingerprint density at radius 1 is 2.00 bits per heavy atom. The third kappa shape index (κ3) is 1.79. The highest BCUT2D eigenvalue weighted by Gasteiger charge is 2.09. The van der Waals surface area contributed by atoms with E-state index in [-0.39, 0.29) is 0 Å². The van der Waals surface area contributed by atoms with Crippen LogP contribution in [0.15, 0.2) is 5.10 Å². The van der Waals surface area contributed by atoms with E-state index in [2.05, 4.69) is 23.2 Å². The normalized spacial score (nSPS) is 17.4. The lowest BCUT2D eigenvalue weighted by atomic mass is 11.3. The first-order valence-corrected chi connectivity index (χ1v) is 3.64. The number of hydrogen-bond acceptors (Lipinski definition) is 4. The molecule has 0 aromatic heterocycles. The van der Waals surface area contributed by atoms with E-state index in [0.29, 0.717) is 16.7 Å². The molecule has 1 aliphatic heterocycles. The lowest BCUT2D eigenvalue weighted by molar-refractivity contribution is -0.113. The second-order valence-corrected chi connectivity index (χ2v) is 2.96. The van der Waals surface area contributed by atoms with Crippen molar-refractivity contribution in [1.82, 2.24) is 10.5 Å². The predicted octanol–water partition coefficient (Wildman–Crippen LogP) is -0.145. The topological polar surface area (TPSA) is 44.7 Å². The van der Waals surface area contributed by atoms with Crippen molar-refractivity contribution in [2.45, 2.75) is 0 Å². The number of thiol groups is 1. The number of thioether (sulfide) groups is 1. The minimum Gasteiger partial charge on any atom is -0.277 e. The van der Waals surface area contributed by atoms with Crippen molar-refractivity contribution >= 4 is 35.2 Å². The second-order valence-electron chi connectivity index (χ2n) is 1.30. The summed E-state index contributed by atoms with van der Waals surface area (Å²) < 4.78 is 0.671. The molecule has 0 atom stereocenters. The number of hydrogen-bond donors (Lipinski definition) is 2. The summed E-state index contributed by atoms with van der Waals surface area (Å²) in [6, 6.07) is 0. The van der Waals surface area contributed by atoms with Gasteiger partial charge in [-0.25, -0.2) is 0 Å². The van der Waals surface area contributed by atoms with Gasteiger partial charge in [0, 0.05) is 0 Å². The van der Waals surface area contributed by atoms with Gasteiger partial charge in [-0.05, 0) is 0 Å². The van der Waals surface area contributed by atoms with Crippen LogP contribution in [0.5, 0.6) is 0 Å². The van der Waals surface area contributed by atoms with Gasteiger partial charge in [0.25, 0.3) is 0 Å². The minimum absolute atomic E-state index is 0.580. The zero-order valence-electron chi connectivity index (χ0n) is 4.44. The Balaban J connectivity index is 2.37. The summed E-state index contributed by atoms with van der Waals surface area (Å²) in [5.41, 5.74) is 2.37. The van der Waals surface area contributed by atoms with Crippen LogP contribution < -0.4 is 5.43 Å². The van der Waals surface area contributed by atoms with Crippen LogP contribution in [-0.4, -0.2) is 21.8 Å². The van der Waals surface area contributed by atoms with Gasteiger partial charge in [-0.3, -0.25) is 10.2 Å². The number of carbonyl (C=O) groups is 1. The van der Waals surface area contributed by atoms with Gasteiger partial charge >= 0.3 is 0 Å². The zero-order valence-corrected chi connectivity index (χ0v) is 6.15. The Bertz CT molecular complexity index is 148. The molecule has 0 unspecified atom stereocenters. The average molecular weight is 163 g/mol. The first kappa shape index (κ1) is 6.76. The van der Waals surface area contributed by atoms with Gasteiger partial charge in [-0.2, -0.15) is 5.12 Å². The summed E-state index contributed by atoms with van der Waals surface area (Å²) in [5, 5.41) is 5.23. The number of hydrazone groups is 1. The van der Waals surface area contributed by atoms with Gasteiger partial charge in [-0.15, -0.1) is 17.7 Å². The lowest BCUT2D eigenvalue weighted by Gasteiger charge is -2.07. The molecule has 1 N–H and O–H groups in total. The summed E-state index contributed by atoms with van der Waals surface area (Å²) in [4.78, 5) is 9.81. The first-order valence-electron chi connectivity index (χ1n) is 2.20. The molecule has 1 amide bonds.